The normalized spacial score (nSPS) is 9.95. The van der Waals surface area contributed by atoms with Gasteiger partial charge in [0.15, 0.2) is 0 Å². The average molecular weight is 295 g/mol. The van der Waals surface area contributed by atoms with Crippen LogP contribution in [-0.4, -0.2) is 13.1 Å². The Kier molecular flexibility index (Phi) is 4.42. The first-order chi connectivity index (χ1) is 9.60. The van der Waals surface area contributed by atoms with Gasteiger partial charge in [-0.1, -0.05) is 23.7 Å². The molecule has 6 heteroatoms. The number of carbonyl (C=O) groups is 1. The Hall–Kier alpha value is -2.27. The van der Waals surface area contributed by atoms with Crippen molar-refractivity contribution in [3.05, 3.63) is 53.3 Å². The van der Waals surface area contributed by atoms with Crippen LogP contribution in [0.1, 0.15) is 0 Å². The molecule has 2 N–H and O–H groups in total. The molecule has 0 heterocycles. The lowest BCUT2D eigenvalue weighted by Gasteiger charge is -2.11. The van der Waals surface area contributed by atoms with Crippen LogP contribution >= 0.6 is 11.6 Å². The molecule has 2 amide bonds. The lowest BCUT2D eigenvalue weighted by atomic mass is 10.3. The van der Waals surface area contributed by atoms with Crippen LogP contribution in [0.15, 0.2) is 42.5 Å². The number of nitrogens with one attached hydrogen (secondary N) is 2. The molecule has 0 saturated heterocycles. The van der Waals surface area contributed by atoms with E-state index in [1.165, 1.54) is 19.2 Å². The SMILES string of the molecule is COc1ccccc1NC(=O)Nc1ccc(Cl)cc1F. The Bertz CT molecular complexity index is 634. The molecule has 4 nitrogen and oxygen atoms in total. The Morgan fingerprint density at radius 1 is 1.15 bits per heavy atom. The minimum absolute atomic E-state index is 0.0433. The number of anilines is 2. The van der Waals surface area contributed by atoms with E-state index < -0.39 is 11.8 Å². The number of amides is 2. The van der Waals surface area contributed by atoms with Crippen molar-refractivity contribution in [3.63, 3.8) is 0 Å². The zero-order valence-corrected chi connectivity index (χ0v) is 11.4. The number of halogens is 2. The van der Waals surface area contributed by atoms with E-state index in [9.17, 15) is 9.18 Å². The van der Waals surface area contributed by atoms with E-state index in [0.717, 1.165) is 6.07 Å². The van der Waals surface area contributed by atoms with E-state index in [-0.39, 0.29) is 10.7 Å². The summed E-state index contributed by atoms with van der Waals surface area (Å²) in [6, 6.07) is 10.3. The molecule has 104 valence electrons. The highest BCUT2D eigenvalue weighted by Crippen LogP contribution is 2.24. The molecular weight excluding hydrogens is 283 g/mol. The standard InChI is InChI=1S/C14H12ClFN2O2/c1-20-13-5-3-2-4-12(13)18-14(19)17-11-7-6-9(15)8-10(11)16/h2-8H,1H3,(H2,17,18,19). The van der Waals surface area contributed by atoms with Crippen molar-refractivity contribution in [2.45, 2.75) is 0 Å². The molecule has 0 unspecified atom stereocenters. The number of urea groups is 1. The summed E-state index contributed by atoms with van der Waals surface area (Å²) in [5.41, 5.74) is 0.531. The quantitative estimate of drug-likeness (QED) is 0.894. The van der Waals surface area contributed by atoms with Crippen LogP contribution in [0.25, 0.3) is 0 Å². The van der Waals surface area contributed by atoms with Crippen molar-refractivity contribution in [1.29, 1.82) is 0 Å². The highest BCUT2D eigenvalue weighted by atomic mass is 35.5. The fraction of sp³-hybridized carbons (Fsp3) is 0.0714. The second-order valence-electron chi connectivity index (χ2n) is 3.90. The fourth-order valence-corrected chi connectivity index (χ4v) is 1.77. The Labute approximate surface area is 120 Å². The summed E-state index contributed by atoms with van der Waals surface area (Å²) < 4.78 is 18.6. The highest BCUT2D eigenvalue weighted by molar-refractivity contribution is 6.30. The lowest BCUT2D eigenvalue weighted by Crippen LogP contribution is -2.20. The smallest absolute Gasteiger partial charge is 0.323 e. The van der Waals surface area contributed by atoms with Gasteiger partial charge in [-0.3, -0.25) is 0 Å². The van der Waals surface area contributed by atoms with Gasteiger partial charge in [0.05, 0.1) is 18.5 Å². The number of para-hydroxylation sites is 2. The largest absolute Gasteiger partial charge is 0.495 e. The number of ether oxygens (including phenoxy) is 1. The van der Waals surface area contributed by atoms with E-state index in [1.54, 1.807) is 24.3 Å². The monoisotopic (exact) mass is 294 g/mol. The number of methoxy groups -OCH3 is 1. The van der Waals surface area contributed by atoms with Crippen molar-refractivity contribution in [2.75, 3.05) is 17.7 Å². The van der Waals surface area contributed by atoms with Crippen LogP contribution in [-0.2, 0) is 0 Å². The predicted molar refractivity (Wildman–Crippen MR) is 77.0 cm³/mol. The number of benzene rings is 2. The van der Waals surface area contributed by atoms with E-state index >= 15 is 0 Å². The Balaban J connectivity index is 2.09. The van der Waals surface area contributed by atoms with Gasteiger partial charge in [-0.25, -0.2) is 9.18 Å². The van der Waals surface area contributed by atoms with Crippen molar-refractivity contribution >= 4 is 29.0 Å². The summed E-state index contributed by atoms with van der Waals surface area (Å²) in [5, 5.41) is 5.24. The summed E-state index contributed by atoms with van der Waals surface area (Å²) in [4.78, 5) is 11.8. The first kappa shape index (κ1) is 14.1. The van der Waals surface area contributed by atoms with Crippen molar-refractivity contribution < 1.29 is 13.9 Å². The van der Waals surface area contributed by atoms with Crippen LogP contribution in [0.3, 0.4) is 0 Å². The zero-order chi connectivity index (χ0) is 14.5. The van der Waals surface area contributed by atoms with Gasteiger partial charge in [-0.15, -0.1) is 0 Å². The topological polar surface area (TPSA) is 50.4 Å². The number of hydrogen-bond acceptors (Lipinski definition) is 2. The van der Waals surface area contributed by atoms with Gasteiger partial charge >= 0.3 is 6.03 Å². The summed E-state index contributed by atoms with van der Waals surface area (Å²) in [7, 11) is 1.50. The molecule has 0 bridgehead atoms. The minimum atomic E-state index is -0.604. The van der Waals surface area contributed by atoms with Gasteiger partial charge < -0.3 is 15.4 Å². The Morgan fingerprint density at radius 2 is 1.85 bits per heavy atom. The molecule has 0 aliphatic carbocycles. The number of carbonyl (C=O) groups excluding carboxylic acids is 1. The van der Waals surface area contributed by atoms with Crippen LogP contribution < -0.4 is 15.4 Å². The second kappa shape index (κ2) is 6.25. The predicted octanol–water partition coefficient (Wildman–Crippen LogP) is 4.13. The summed E-state index contributed by atoms with van der Waals surface area (Å²) >= 11 is 5.64. The van der Waals surface area contributed by atoms with Gasteiger partial charge in [0.2, 0.25) is 0 Å². The van der Waals surface area contributed by atoms with E-state index in [1.807, 2.05) is 0 Å². The van der Waals surface area contributed by atoms with Gasteiger partial charge in [0.1, 0.15) is 11.6 Å². The maximum absolute atomic E-state index is 13.5. The van der Waals surface area contributed by atoms with Gasteiger partial charge in [-0.05, 0) is 30.3 Å². The minimum Gasteiger partial charge on any atom is -0.495 e. The first-order valence-corrected chi connectivity index (χ1v) is 6.14. The number of rotatable bonds is 3. The van der Waals surface area contributed by atoms with Gasteiger partial charge in [-0.2, -0.15) is 0 Å². The molecule has 0 aliphatic heterocycles. The third kappa shape index (κ3) is 3.39. The molecule has 0 radical (unpaired) electrons. The molecule has 2 rings (SSSR count). The Morgan fingerprint density at radius 3 is 2.55 bits per heavy atom. The average Bonchev–Trinajstić information content (AvgIpc) is 2.42. The summed E-state index contributed by atoms with van der Waals surface area (Å²) in [6.45, 7) is 0. The van der Waals surface area contributed by atoms with Crippen molar-refractivity contribution in [1.82, 2.24) is 0 Å². The molecular formula is C14H12ClFN2O2. The lowest BCUT2D eigenvalue weighted by molar-refractivity contribution is 0.262. The molecule has 2 aromatic carbocycles. The third-order valence-electron chi connectivity index (χ3n) is 2.53. The van der Waals surface area contributed by atoms with Gasteiger partial charge in [0, 0.05) is 5.02 Å². The molecule has 0 atom stereocenters. The molecule has 20 heavy (non-hydrogen) atoms. The van der Waals surface area contributed by atoms with E-state index in [4.69, 9.17) is 16.3 Å². The molecule has 0 fully saturated rings. The molecule has 0 spiro atoms. The van der Waals surface area contributed by atoms with E-state index in [2.05, 4.69) is 10.6 Å². The molecule has 0 saturated carbocycles. The molecule has 0 aromatic heterocycles. The highest BCUT2D eigenvalue weighted by Gasteiger charge is 2.09. The summed E-state index contributed by atoms with van der Waals surface area (Å²) in [6.07, 6.45) is 0. The first-order valence-electron chi connectivity index (χ1n) is 5.76. The molecule has 2 aromatic rings. The van der Waals surface area contributed by atoms with Crippen LogP contribution in [0.4, 0.5) is 20.6 Å². The fourth-order valence-electron chi connectivity index (χ4n) is 1.61. The maximum Gasteiger partial charge on any atom is 0.323 e. The van der Waals surface area contributed by atoms with Crippen LogP contribution in [0, 0.1) is 5.82 Å². The zero-order valence-electron chi connectivity index (χ0n) is 10.6. The van der Waals surface area contributed by atoms with Crippen LogP contribution in [0.5, 0.6) is 5.75 Å². The van der Waals surface area contributed by atoms with Crippen LogP contribution in [0.2, 0.25) is 5.02 Å². The van der Waals surface area contributed by atoms with Crippen molar-refractivity contribution in [3.8, 4) is 5.75 Å². The van der Waals surface area contributed by atoms with Gasteiger partial charge in [0.25, 0.3) is 0 Å². The number of hydrogen-bond donors (Lipinski definition) is 2. The molecule has 0 aliphatic rings. The second-order valence-corrected chi connectivity index (χ2v) is 4.34. The van der Waals surface area contributed by atoms with Crippen molar-refractivity contribution in [2.24, 2.45) is 0 Å². The third-order valence-corrected chi connectivity index (χ3v) is 2.77. The maximum atomic E-state index is 13.5. The summed E-state index contributed by atoms with van der Waals surface area (Å²) in [5.74, 6) is -0.0908. The van der Waals surface area contributed by atoms with E-state index in [0.29, 0.717) is 11.4 Å².